The number of methoxy groups -OCH3 is 1. The van der Waals surface area contributed by atoms with Crippen LogP contribution < -0.4 is 4.74 Å². The molecule has 1 aliphatic carbocycles. The lowest BCUT2D eigenvalue weighted by molar-refractivity contribution is -0.0382. The summed E-state index contributed by atoms with van der Waals surface area (Å²) in [6.07, 6.45) is 4.38. The molecule has 1 aromatic carbocycles. The third kappa shape index (κ3) is 2.44. The van der Waals surface area contributed by atoms with Crippen molar-refractivity contribution < 1.29 is 19.0 Å². The lowest BCUT2D eigenvalue weighted by Crippen LogP contribution is -2.39. The minimum absolute atomic E-state index is 0.0274. The standard InChI is InChI=1S/C16H15FN4O3/c1-23-10-5-11(6-10)24-14-4-9(17)2-3-13(14)21-15-12(7-20-21)16(22)19-8-18-15/h2-4,7-8,10-11H,5-6H2,1H3,(H,18,19,22). The van der Waals surface area contributed by atoms with Crippen LogP contribution in [0.2, 0.25) is 0 Å². The molecule has 24 heavy (non-hydrogen) atoms. The summed E-state index contributed by atoms with van der Waals surface area (Å²) in [5, 5.41) is 14.4. The van der Waals surface area contributed by atoms with Crippen LogP contribution >= 0.6 is 0 Å². The number of halogens is 1. The van der Waals surface area contributed by atoms with Gasteiger partial charge in [0, 0.05) is 26.0 Å². The van der Waals surface area contributed by atoms with Gasteiger partial charge in [-0.25, -0.2) is 19.0 Å². The van der Waals surface area contributed by atoms with E-state index in [-0.39, 0.29) is 18.1 Å². The minimum Gasteiger partial charge on any atom is -0.493 e. The molecule has 124 valence electrons. The lowest BCUT2D eigenvalue weighted by Gasteiger charge is -2.34. The Balaban J connectivity index is 1.73. The zero-order valence-electron chi connectivity index (χ0n) is 12.9. The highest BCUT2D eigenvalue weighted by Gasteiger charge is 2.31. The van der Waals surface area contributed by atoms with Gasteiger partial charge in [-0.1, -0.05) is 0 Å². The predicted octanol–water partition coefficient (Wildman–Crippen LogP) is 2.22. The first-order chi connectivity index (χ1) is 11.7. The number of hydrogen-bond donors (Lipinski definition) is 1. The molecule has 7 nitrogen and oxygen atoms in total. The van der Waals surface area contributed by atoms with Crippen molar-refractivity contribution in [3.8, 4) is 17.3 Å². The highest BCUT2D eigenvalue weighted by molar-refractivity contribution is 5.81. The van der Waals surface area contributed by atoms with Gasteiger partial charge in [0.2, 0.25) is 5.88 Å². The van der Waals surface area contributed by atoms with E-state index in [4.69, 9.17) is 9.47 Å². The van der Waals surface area contributed by atoms with Crippen LogP contribution in [-0.2, 0) is 4.74 Å². The normalized spacial score (nSPS) is 20.1. The van der Waals surface area contributed by atoms with E-state index in [1.54, 1.807) is 13.2 Å². The monoisotopic (exact) mass is 330 g/mol. The van der Waals surface area contributed by atoms with E-state index >= 15 is 0 Å². The minimum atomic E-state index is -0.398. The quantitative estimate of drug-likeness (QED) is 0.790. The summed E-state index contributed by atoms with van der Waals surface area (Å²) in [5.41, 5.74) is 0.965. The Bertz CT molecular complexity index is 892. The molecule has 1 aliphatic rings. The van der Waals surface area contributed by atoms with Crippen molar-refractivity contribution in [3.63, 3.8) is 0 Å². The maximum absolute atomic E-state index is 13.7. The molecule has 1 N–H and O–H groups in total. The molecule has 0 saturated heterocycles. The molecule has 0 bridgehead atoms. The molecule has 0 amide bonds. The molecule has 4 rings (SSSR count). The van der Waals surface area contributed by atoms with Crippen molar-refractivity contribution in [1.29, 1.82) is 0 Å². The molecule has 0 spiro atoms. The van der Waals surface area contributed by atoms with Gasteiger partial charge in [-0.15, -0.1) is 0 Å². The molecule has 0 atom stereocenters. The Morgan fingerprint density at radius 1 is 1.25 bits per heavy atom. The van der Waals surface area contributed by atoms with Gasteiger partial charge in [-0.2, -0.15) is 5.10 Å². The molecule has 8 heteroatoms. The van der Waals surface area contributed by atoms with Gasteiger partial charge >= 0.3 is 0 Å². The summed E-state index contributed by atoms with van der Waals surface area (Å²) in [4.78, 5) is 7.87. The van der Waals surface area contributed by atoms with Crippen molar-refractivity contribution in [2.45, 2.75) is 25.0 Å². The SMILES string of the molecule is COC1CC(Oc2cc(F)ccc2-n2ncc3c(O)ncnc32)C1. The van der Waals surface area contributed by atoms with E-state index in [1.807, 2.05) is 0 Å². The molecule has 2 heterocycles. The summed E-state index contributed by atoms with van der Waals surface area (Å²) in [6, 6.07) is 4.22. The molecule has 1 fully saturated rings. The Hall–Kier alpha value is -2.74. The zero-order valence-corrected chi connectivity index (χ0v) is 12.9. The maximum Gasteiger partial charge on any atom is 0.225 e. The fourth-order valence-corrected chi connectivity index (χ4v) is 2.75. The summed E-state index contributed by atoms with van der Waals surface area (Å²) < 4.78 is 26.3. The molecule has 0 aliphatic heterocycles. The average molecular weight is 330 g/mol. The van der Waals surface area contributed by atoms with Crippen LogP contribution in [0.25, 0.3) is 16.7 Å². The maximum atomic E-state index is 13.7. The Morgan fingerprint density at radius 3 is 2.88 bits per heavy atom. The predicted molar refractivity (Wildman–Crippen MR) is 82.7 cm³/mol. The topological polar surface area (TPSA) is 82.3 Å². The first-order valence-electron chi connectivity index (χ1n) is 7.53. The number of nitrogens with zero attached hydrogens (tertiary/aromatic N) is 4. The number of fused-ring (bicyclic) bond motifs is 1. The van der Waals surface area contributed by atoms with Crippen molar-refractivity contribution in [2.24, 2.45) is 0 Å². The summed E-state index contributed by atoms with van der Waals surface area (Å²) in [6.45, 7) is 0. The molecule has 1 saturated carbocycles. The van der Waals surface area contributed by atoms with E-state index in [9.17, 15) is 9.50 Å². The third-order valence-corrected chi connectivity index (χ3v) is 4.17. The first kappa shape index (κ1) is 14.8. The van der Waals surface area contributed by atoms with Crippen molar-refractivity contribution in [2.75, 3.05) is 7.11 Å². The van der Waals surface area contributed by atoms with Crippen LogP contribution in [0.3, 0.4) is 0 Å². The second-order valence-electron chi connectivity index (χ2n) is 5.67. The van der Waals surface area contributed by atoms with E-state index in [1.165, 1.54) is 29.3 Å². The highest BCUT2D eigenvalue weighted by atomic mass is 19.1. The van der Waals surface area contributed by atoms with Crippen LogP contribution in [0.15, 0.2) is 30.7 Å². The zero-order chi connectivity index (χ0) is 16.7. The fraction of sp³-hybridized carbons (Fsp3) is 0.312. The molecule has 3 aromatic rings. The van der Waals surface area contributed by atoms with Gasteiger partial charge in [0.1, 0.15) is 35.1 Å². The van der Waals surface area contributed by atoms with Gasteiger partial charge in [0.25, 0.3) is 0 Å². The van der Waals surface area contributed by atoms with Crippen LogP contribution in [0, 0.1) is 5.82 Å². The van der Waals surface area contributed by atoms with Gasteiger partial charge in [-0.05, 0) is 12.1 Å². The van der Waals surface area contributed by atoms with Crippen LogP contribution in [0.1, 0.15) is 12.8 Å². The van der Waals surface area contributed by atoms with Crippen LogP contribution in [0.4, 0.5) is 4.39 Å². The Morgan fingerprint density at radius 2 is 2.08 bits per heavy atom. The van der Waals surface area contributed by atoms with Crippen LogP contribution in [-0.4, -0.2) is 44.2 Å². The Labute approximate surface area is 136 Å². The number of rotatable bonds is 4. The van der Waals surface area contributed by atoms with E-state index < -0.39 is 5.82 Å². The first-order valence-corrected chi connectivity index (χ1v) is 7.53. The van der Waals surface area contributed by atoms with Crippen LogP contribution in [0.5, 0.6) is 11.6 Å². The van der Waals surface area contributed by atoms with Gasteiger partial charge in [-0.3, -0.25) is 0 Å². The number of ether oxygens (including phenoxy) is 2. The summed E-state index contributed by atoms with van der Waals surface area (Å²) in [7, 11) is 1.66. The second-order valence-corrected chi connectivity index (χ2v) is 5.67. The van der Waals surface area contributed by atoms with Gasteiger partial charge < -0.3 is 14.6 Å². The van der Waals surface area contributed by atoms with Gasteiger partial charge in [0.05, 0.1) is 12.3 Å². The summed E-state index contributed by atoms with van der Waals surface area (Å²) >= 11 is 0. The lowest BCUT2D eigenvalue weighted by atomic mass is 9.92. The Kier molecular flexibility index (Phi) is 3.53. The second kappa shape index (κ2) is 5.72. The number of hydrogen-bond acceptors (Lipinski definition) is 6. The number of aromatic nitrogens is 4. The van der Waals surface area contributed by atoms with Crippen molar-refractivity contribution in [1.82, 2.24) is 19.7 Å². The van der Waals surface area contributed by atoms with E-state index in [0.717, 1.165) is 12.8 Å². The molecule has 2 aromatic heterocycles. The fourth-order valence-electron chi connectivity index (χ4n) is 2.75. The van der Waals surface area contributed by atoms with Gasteiger partial charge in [0.15, 0.2) is 5.65 Å². The molecule has 0 radical (unpaired) electrons. The highest BCUT2D eigenvalue weighted by Crippen LogP contribution is 2.33. The molecular formula is C16H15FN4O3. The largest absolute Gasteiger partial charge is 0.493 e. The van der Waals surface area contributed by atoms with E-state index in [2.05, 4.69) is 15.1 Å². The van der Waals surface area contributed by atoms with Crippen molar-refractivity contribution >= 4 is 11.0 Å². The third-order valence-electron chi connectivity index (χ3n) is 4.17. The number of aromatic hydroxyl groups is 1. The van der Waals surface area contributed by atoms with E-state index in [0.29, 0.717) is 22.5 Å². The average Bonchev–Trinajstić information content (AvgIpc) is 2.96. The number of benzene rings is 1. The molecule has 0 unspecified atom stereocenters. The molecular weight excluding hydrogens is 315 g/mol. The smallest absolute Gasteiger partial charge is 0.225 e. The summed E-state index contributed by atoms with van der Waals surface area (Å²) in [5.74, 6) is -0.180. The van der Waals surface area contributed by atoms with Crippen molar-refractivity contribution in [3.05, 3.63) is 36.5 Å².